The van der Waals surface area contributed by atoms with Crippen LogP contribution in [-0.2, 0) is 20.1 Å². The third-order valence-electron chi connectivity index (χ3n) is 5.92. The van der Waals surface area contributed by atoms with E-state index in [1.807, 2.05) is 12.1 Å². The summed E-state index contributed by atoms with van der Waals surface area (Å²) >= 11 is 8.55. The molecule has 4 aromatic rings. The molecule has 0 spiro atoms. The number of amides is 1. The number of hydrogen-bond acceptors (Lipinski definition) is 10. The van der Waals surface area contributed by atoms with Gasteiger partial charge in [-0.2, -0.15) is 0 Å². The van der Waals surface area contributed by atoms with Gasteiger partial charge in [-0.3, -0.25) is 19.5 Å². The number of aromatic nitrogens is 3. The fourth-order valence-corrected chi connectivity index (χ4v) is 5.96. The highest BCUT2D eigenvalue weighted by molar-refractivity contribution is 8.00. The number of nitrogens with zero attached hydrogens (tertiary/aromatic N) is 4. The van der Waals surface area contributed by atoms with E-state index in [9.17, 15) is 19.5 Å². The van der Waals surface area contributed by atoms with Gasteiger partial charge in [-0.15, -0.1) is 10.2 Å². The van der Waals surface area contributed by atoms with E-state index in [2.05, 4.69) is 15.2 Å². The molecule has 1 N–H and O–H groups in total. The first-order chi connectivity index (χ1) is 18.9. The summed E-state index contributed by atoms with van der Waals surface area (Å²) in [4.78, 5) is 43.8. The molecule has 1 amide bonds. The number of hydrogen-bond donors (Lipinski definition) is 1. The monoisotopic (exact) mass is 578 g/mol. The molecule has 0 aliphatic carbocycles. The quantitative estimate of drug-likeness (QED) is 0.0778. The molecule has 1 aliphatic rings. The molecule has 196 valence electrons. The van der Waals surface area contributed by atoms with Crippen LogP contribution in [0.1, 0.15) is 33.1 Å². The zero-order valence-electron chi connectivity index (χ0n) is 20.3. The number of anilines is 1. The minimum absolute atomic E-state index is 0.109. The lowest BCUT2D eigenvalue weighted by Gasteiger charge is -2.22. The number of aliphatic hydroxyl groups excluding tert-OH is 1. The molecule has 0 bridgehead atoms. The predicted octanol–water partition coefficient (Wildman–Crippen LogP) is 5.29. The van der Waals surface area contributed by atoms with E-state index in [-0.39, 0.29) is 16.5 Å². The highest BCUT2D eigenvalue weighted by Gasteiger charge is 2.48. The SMILES string of the molecule is COC(=O)c1ccc(C2C(=C(O)c3ccncc3)C(=O)C(=O)N2c2nnc(SCc3ccc(Cl)cc3)s2)cc1. The van der Waals surface area contributed by atoms with Crippen molar-refractivity contribution in [2.75, 3.05) is 12.0 Å². The number of halogens is 1. The largest absolute Gasteiger partial charge is 0.507 e. The number of carbonyl (C=O) groups is 3. The van der Waals surface area contributed by atoms with Gasteiger partial charge in [0, 0.05) is 28.7 Å². The maximum Gasteiger partial charge on any atom is 0.337 e. The van der Waals surface area contributed by atoms with Crippen LogP contribution in [0.3, 0.4) is 0 Å². The van der Waals surface area contributed by atoms with E-state index in [0.29, 0.717) is 31.8 Å². The summed E-state index contributed by atoms with van der Waals surface area (Å²) in [5, 5.41) is 20.4. The normalized spacial score (nSPS) is 16.5. The van der Waals surface area contributed by atoms with Gasteiger partial charge in [-0.25, -0.2) is 4.79 Å². The van der Waals surface area contributed by atoms with Crippen molar-refractivity contribution in [1.82, 2.24) is 15.2 Å². The standard InChI is InChI=1S/C27H19ClN4O5S2/c1-37-25(36)18-6-4-16(5-7-18)21-20(22(33)17-10-12-29-13-11-17)23(34)24(35)32(21)26-30-31-27(39-26)38-14-15-2-8-19(28)9-3-15/h2-13,21,33H,14H2,1H3. The molecule has 5 rings (SSSR count). The second-order valence-corrected chi connectivity index (χ2v) is 10.9. The average Bonchev–Trinajstić information content (AvgIpc) is 3.54. The molecule has 9 nitrogen and oxygen atoms in total. The highest BCUT2D eigenvalue weighted by Crippen LogP contribution is 2.44. The summed E-state index contributed by atoms with van der Waals surface area (Å²) in [5.41, 5.74) is 2.04. The lowest BCUT2D eigenvalue weighted by molar-refractivity contribution is -0.132. The second-order valence-electron chi connectivity index (χ2n) is 8.28. The maximum atomic E-state index is 13.3. The van der Waals surface area contributed by atoms with Gasteiger partial charge < -0.3 is 9.84 Å². The molecule has 0 radical (unpaired) electrons. The fourth-order valence-electron chi connectivity index (χ4n) is 4.01. The first-order valence-electron chi connectivity index (χ1n) is 11.5. The Hall–Kier alpha value is -4.06. The van der Waals surface area contributed by atoms with E-state index >= 15 is 0 Å². The molecule has 1 aliphatic heterocycles. The third kappa shape index (κ3) is 5.42. The van der Waals surface area contributed by atoms with Crippen LogP contribution in [0.5, 0.6) is 0 Å². The van der Waals surface area contributed by atoms with Gasteiger partial charge in [0.25, 0.3) is 5.78 Å². The van der Waals surface area contributed by atoms with Gasteiger partial charge in [0.05, 0.1) is 24.3 Å². The summed E-state index contributed by atoms with van der Waals surface area (Å²) < 4.78 is 5.36. The molecular weight excluding hydrogens is 560 g/mol. The van der Waals surface area contributed by atoms with Gasteiger partial charge >= 0.3 is 11.9 Å². The van der Waals surface area contributed by atoms with Crippen LogP contribution in [0.25, 0.3) is 5.76 Å². The number of thioether (sulfide) groups is 1. The van der Waals surface area contributed by atoms with Crippen molar-refractivity contribution in [2.24, 2.45) is 0 Å². The van der Waals surface area contributed by atoms with E-state index in [4.69, 9.17) is 16.3 Å². The lowest BCUT2D eigenvalue weighted by atomic mass is 9.95. The minimum Gasteiger partial charge on any atom is -0.507 e. The molecule has 39 heavy (non-hydrogen) atoms. The molecule has 2 aromatic carbocycles. The Labute approximate surface area is 236 Å². The first kappa shape index (κ1) is 26.5. The number of carbonyl (C=O) groups excluding carboxylic acids is 3. The van der Waals surface area contributed by atoms with E-state index < -0.39 is 23.7 Å². The van der Waals surface area contributed by atoms with Crippen molar-refractivity contribution in [3.63, 3.8) is 0 Å². The summed E-state index contributed by atoms with van der Waals surface area (Å²) in [6, 6.07) is 15.8. The van der Waals surface area contributed by atoms with Crippen molar-refractivity contribution in [3.05, 3.63) is 106 Å². The Balaban J connectivity index is 1.53. The number of ketones is 1. The fraction of sp³-hybridized carbons (Fsp3) is 0.111. The number of esters is 1. The molecule has 0 saturated carbocycles. The molecule has 1 unspecified atom stereocenters. The van der Waals surface area contributed by atoms with Crippen LogP contribution in [0.15, 0.2) is 83.0 Å². The van der Waals surface area contributed by atoms with Gasteiger partial charge in [-0.05, 0) is 47.5 Å². The van der Waals surface area contributed by atoms with Gasteiger partial charge in [0.1, 0.15) is 5.76 Å². The van der Waals surface area contributed by atoms with Crippen LogP contribution in [-0.4, -0.2) is 45.1 Å². The number of ether oxygens (including phenoxy) is 1. The Morgan fingerprint density at radius 1 is 1.03 bits per heavy atom. The van der Waals surface area contributed by atoms with E-state index in [0.717, 1.165) is 16.9 Å². The van der Waals surface area contributed by atoms with Gasteiger partial charge in [-0.1, -0.05) is 59.0 Å². The molecule has 2 aromatic heterocycles. The minimum atomic E-state index is -1.01. The van der Waals surface area contributed by atoms with Crippen LogP contribution >= 0.6 is 34.7 Å². The van der Waals surface area contributed by atoms with Crippen LogP contribution in [0.2, 0.25) is 5.02 Å². The number of pyridine rings is 1. The number of rotatable bonds is 7. The lowest BCUT2D eigenvalue weighted by Crippen LogP contribution is -2.29. The van der Waals surface area contributed by atoms with Gasteiger partial charge in [0.15, 0.2) is 4.34 Å². The van der Waals surface area contributed by atoms with E-state index in [1.165, 1.54) is 60.4 Å². The van der Waals surface area contributed by atoms with Gasteiger partial charge in [0.2, 0.25) is 5.13 Å². The average molecular weight is 579 g/mol. The van der Waals surface area contributed by atoms with E-state index in [1.54, 1.807) is 24.3 Å². The molecule has 12 heteroatoms. The number of aliphatic hydroxyl groups is 1. The summed E-state index contributed by atoms with van der Waals surface area (Å²) in [6.45, 7) is 0. The molecule has 1 fully saturated rings. The first-order valence-corrected chi connectivity index (χ1v) is 13.7. The maximum absolute atomic E-state index is 13.3. The number of benzene rings is 2. The predicted molar refractivity (Wildman–Crippen MR) is 148 cm³/mol. The van der Waals surface area contributed by atoms with Crippen molar-refractivity contribution in [2.45, 2.75) is 16.1 Å². The topological polar surface area (TPSA) is 123 Å². The van der Waals surface area contributed by atoms with Crippen molar-refractivity contribution in [1.29, 1.82) is 0 Å². The van der Waals surface area contributed by atoms with Crippen molar-refractivity contribution in [3.8, 4) is 0 Å². The molecular formula is C27H19ClN4O5S2. The summed E-state index contributed by atoms with van der Waals surface area (Å²) in [5.74, 6) is -1.98. The van der Waals surface area contributed by atoms with Crippen molar-refractivity contribution < 1.29 is 24.2 Å². The molecule has 1 atom stereocenters. The molecule has 3 heterocycles. The smallest absolute Gasteiger partial charge is 0.337 e. The van der Waals surface area contributed by atoms with Crippen LogP contribution < -0.4 is 4.90 Å². The Kier molecular flexibility index (Phi) is 7.73. The third-order valence-corrected chi connectivity index (χ3v) is 8.30. The summed E-state index contributed by atoms with van der Waals surface area (Å²) in [6.07, 6.45) is 2.94. The molecule has 1 saturated heterocycles. The highest BCUT2D eigenvalue weighted by atomic mass is 35.5. The zero-order chi connectivity index (χ0) is 27.5. The van der Waals surface area contributed by atoms with Crippen LogP contribution in [0, 0.1) is 0 Å². The summed E-state index contributed by atoms with van der Waals surface area (Å²) in [7, 11) is 1.28. The second kappa shape index (κ2) is 11.4. The Bertz CT molecular complexity index is 1570. The Morgan fingerprint density at radius 2 is 1.72 bits per heavy atom. The zero-order valence-corrected chi connectivity index (χ0v) is 22.7. The van der Waals surface area contributed by atoms with Crippen molar-refractivity contribution >= 4 is 63.3 Å². The number of Topliss-reactive ketones (excluding diaryl/α,β-unsaturated/α-hetero) is 1. The Morgan fingerprint density at radius 3 is 2.38 bits per heavy atom. The van der Waals surface area contributed by atoms with Crippen LogP contribution in [0.4, 0.5) is 5.13 Å². The number of methoxy groups -OCH3 is 1.